The summed E-state index contributed by atoms with van der Waals surface area (Å²) >= 11 is 0. The first-order valence-electron chi connectivity index (χ1n) is 8.35. The van der Waals surface area contributed by atoms with Crippen molar-refractivity contribution in [2.45, 2.75) is 64.4 Å². The van der Waals surface area contributed by atoms with Gasteiger partial charge in [0.1, 0.15) is 12.3 Å². The molecule has 0 aliphatic carbocycles. The lowest BCUT2D eigenvalue weighted by Crippen LogP contribution is -2.45. The summed E-state index contributed by atoms with van der Waals surface area (Å²) in [7, 11) is 5.73. The summed E-state index contributed by atoms with van der Waals surface area (Å²) in [6.07, 6.45) is 3.87. The van der Waals surface area contributed by atoms with E-state index < -0.39 is 12.1 Å². The first-order valence-corrected chi connectivity index (χ1v) is 8.35. The van der Waals surface area contributed by atoms with Crippen molar-refractivity contribution in [2.24, 2.45) is 0 Å². The van der Waals surface area contributed by atoms with Crippen LogP contribution >= 0.6 is 0 Å². The van der Waals surface area contributed by atoms with Crippen LogP contribution in [0.5, 0.6) is 0 Å². The number of carboxylic acid groups (broad SMARTS) is 1. The number of ether oxygens (including phenoxy) is 1. The third-order valence-electron chi connectivity index (χ3n) is 3.42. The van der Waals surface area contributed by atoms with Gasteiger partial charge < -0.3 is 19.1 Å². The summed E-state index contributed by atoms with van der Waals surface area (Å²) in [4.78, 5) is 33.7. The molecule has 0 aliphatic rings. The maximum atomic E-state index is 11.8. The lowest BCUT2D eigenvalue weighted by molar-refractivity contribution is -0.873. The Hall–Kier alpha value is -1.43. The molecule has 0 amide bonds. The predicted octanol–water partition coefficient (Wildman–Crippen LogP) is 1.06. The average Bonchev–Trinajstić information content (AvgIpc) is 2.39. The van der Waals surface area contributed by atoms with E-state index in [0.717, 1.165) is 19.3 Å². The zero-order valence-electron chi connectivity index (χ0n) is 14.9. The second-order valence-corrected chi connectivity index (χ2v) is 6.97. The predicted molar refractivity (Wildman–Crippen MR) is 85.4 cm³/mol. The minimum atomic E-state index is -1.21. The van der Waals surface area contributed by atoms with Gasteiger partial charge >= 0.3 is 5.97 Å². The number of esters is 1. The maximum absolute atomic E-state index is 11.8. The molecule has 1 unspecified atom stereocenters. The molecule has 0 spiro atoms. The van der Waals surface area contributed by atoms with Crippen LogP contribution in [0.25, 0.3) is 0 Å². The molecule has 6 nitrogen and oxygen atoms in total. The summed E-state index contributed by atoms with van der Waals surface area (Å²) in [5, 5.41) is 10.8. The Morgan fingerprint density at radius 3 is 2.04 bits per heavy atom. The number of aliphatic carboxylic acids is 1. The average molecular weight is 329 g/mol. The molecule has 0 saturated carbocycles. The highest BCUT2D eigenvalue weighted by molar-refractivity contribution is 5.77. The van der Waals surface area contributed by atoms with Crippen LogP contribution in [0.15, 0.2) is 0 Å². The molecule has 0 bridgehead atoms. The van der Waals surface area contributed by atoms with Crippen LogP contribution in [-0.2, 0) is 19.1 Å². The molecule has 0 aromatic rings. The van der Waals surface area contributed by atoms with Gasteiger partial charge in [-0.2, -0.15) is 0 Å². The van der Waals surface area contributed by atoms with Crippen molar-refractivity contribution < 1.29 is 28.7 Å². The highest BCUT2D eigenvalue weighted by Crippen LogP contribution is 2.10. The third-order valence-corrected chi connectivity index (χ3v) is 3.42. The topological polar surface area (TPSA) is 83.5 Å². The standard InChI is InChI=1S/C17H31NO5/c1-5-14(19)10-8-6-7-9-11-17(22)23-15(12-16(20)21)13-18(2,3)4/h15H,5-13H2,1-4H3. The van der Waals surface area contributed by atoms with Gasteiger partial charge in [0.2, 0.25) is 0 Å². The van der Waals surface area contributed by atoms with Crippen LogP contribution in [-0.4, -0.2) is 56.0 Å². The SMILES string of the molecule is CCC(=O)CCCCCCC(=O)OC(CC(=O)[O-])C[N+](C)(C)C. The molecule has 134 valence electrons. The van der Waals surface area contributed by atoms with E-state index in [1.807, 2.05) is 28.1 Å². The molecule has 0 saturated heterocycles. The van der Waals surface area contributed by atoms with Crippen molar-refractivity contribution in [2.75, 3.05) is 27.7 Å². The van der Waals surface area contributed by atoms with E-state index in [-0.39, 0.29) is 24.6 Å². The molecule has 1 atom stereocenters. The summed E-state index contributed by atoms with van der Waals surface area (Å²) < 4.78 is 5.78. The third kappa shape index (κ3) is 13.9. The van der Waals surface area contributed by atoms with Crippen LogP contribution in [0.2, 0.25) is 0 Å². The minimum absolute atomic E-state index is 0.273. The number of hydrogen-bond donors (Lipinski definition) is 0. The number of unbranched alkanes of at least 4 members (excludes halogenated alkanes) is 3. The van der Waals surface area contributed by atoms with Crippen LogP contribution < -0.4 is 5.11 Å². The molecule has 0 aromatic carbocycles. The highest BCUT2D eigenvalue weighted by Gasteiger charge is 2.22. The van der Waals surface area contributed by atoms with E-state index >= 15 is 0 Å². The molecule has 0 radical (unpaired) electrons. The first-order chi connectivity index (χ1) is 10.6. The van der Waals surface area contributed by atoms with E-state index in [4.69, 9.17) is 4.74 Å². The molecule has 0 aromatic heterocycles. The molecular weight excluding hydrogens is 298 g/mol. The van der Waals surface area contributed by atoms with E-state index in [1.54, 1.807) is 0 Å². The van der Waals surface area contributed by atoms with Crippen LogP contribution in [0.3, 0.4) is 0 Å². The number of rotatable bonds is 13. The monoisotopic (exact) mass is 329 g/mol. The number of quaternary nitrogens is 1. The van der Waals surface area contributed by atoms with Crippen molar-refractivity contribution >= 4 is 17.7 Å². The van der Waals surface area contributed by atoms with Gasteiger partial charge in [0.05, 0.1) is 21.1 Å². The second kappa shape index (κ2) is 11.2. The summed E-state index contributed by atoms with van der Waals surface area (Å²) in [6, 6.07) is 0. The summed E-state index contributed by atoms with van der Waals surface area (Å²) in [6.45, 7) is 2.29. The molecule has 6 heteroatoms. The Labute approximate surface area is 139 Å². The fourth-order valence-electron chi connectivity index (χ4n) is 2.31. The van der Waals surface area contributed by atoms with E-state index in [0.29, 0.717) is 30.3 Å². The summed E-state index contributed by atoms with van der Waals surface area (Å²) in [5.41, 5.74) is 0. The Morgan fingerprint density at radius 1 is 1.00 bits per heavy atom. The summed E-state index contributed by atoms with van der Waals surface area (Å²) in [5.74, 6) is -1.30. The molecule has 0 rings (SSSR count). The fraction of sp³-hybridized carbons (Fsp3) is 0.824. The molecule has 0 heterocycles. The number of ketones is 1. The van der Waals surface area contributed by atoms with Crippen molar-refractivity contribution in [1.29, 1.82) is 0 Å². The van der Waals surface area contributed by atoms with Gasteiger partial charge in [0, 0.05) is 31.7 Å². The Bertz CT molecular complexity index is 387. The highest BCUT2D eigenvalue weighted by atomic mass is 16.5. The first kappa shape index (κ1) is 21.6. The zero-order valence-corrected chi connectivity index (χ0v) is 14.9. The second-order valence-electron chi connectivity index (χ2n) is 6.97. The van der Waals surface area contributed by atoms with Gasteiger partial charge in [0.15, 0.2) is 6.10 Å². The lowest BCUT2D eigenvalue weighted by atomic mass is 10.1. The van der Waals surface area contributed by atoms with Crippen LogP contribution in [0.1, 0.15) is 58.3 Å². The van der Waals surface area contributed by atoms with E-state index in [1.165, 1.54) is 0 Å². The van der Waals surface area contributed by atoms with Gasteiger partial charge in [-0.3, -0.25) is 9.59 Å². The Kier molecular flexibility index (Phi) is 10.5. The Balaban J connectivity index is 3.99. The van der Waals surface area contributed by atoms with Crippen LogP contribution in [0.4, 0.5) is 0 Å². The lowest BCUT2D eigenvalue weighted by Gasteiger charge is -2.29. The number of hydrogen-bond acceptors (Lipinski definition) is 5. The quantitative estimate of drug-likeness (QED) is 0.287. The molecule has 0 fully saturated rings. The van der Waals surface area contributed by atoms with Crippen LogP contribution in [0, 0.1) is 0 Å². The van der Waals surface area contributed by atoms with Crippen molar-refractivity contribution in [1.82, 2.24) is 0 Å². The molecule has 0 aliphatic heterocycles. The molecular formula is C17H31NO5. The van der Waals surface area contributed by atoms with Crippen molar-refractivity contribution in [3.63, 3.8) is 0 Å². The number of carbonyl (C=O) groups excluding carboxylic acids is 3. The number of Topliss-reactive ketones (excluding diaryl/α,β-unsaturated/α-hetero) is 1. The smallest absolute Gasteiger partial charge is 0.306 e. The van der Waals surface area contributed by atoms with Gasteiger partial charge in [-0.1, -0.05) is 19.8 Å². The van der Waals surface area contributed by atoms with Crippen molar-refractivity contribution in [3.05, 3.63) is 0 Å². The number of likely N-dealkylation sites (N-methyl/N-ethyl adjacent to an activating group) is 1. The van der Waals surface area contributed by atoms with Gasteiger partial charge in [0.25, 0.3) is 0 Å². The van der Waals surface area contributed by atoms with Gasteiger partial charge in [-0.05, 0) is 12.8 Å². The maximum Gasteiger partial charge on any atom is 0.306 e. The Morgan fingerprint density at radius 2 is 1.57 bits per heavy atom. The normalized spacial score (nSPS) is 12.7. The largest absolute Gasteiger partial charge is 0.550 e. The van der Waals surface area contributed by atoms with E-state index in [9.17, 15) is 19.5 Å². The number of carboxylic acids is 1. The molecule has 23 heavy (non-hydrogen) atoms. The number of carbonyl (C=O) groups is 3. The fourth-order valence-corrected chi connectivity index (χ4v) is 2.31. The van der Waals surface area contributed by atoms with Gasteiger partial charge in [-0.25, -0.2) is 0 Å². The number of nitrogens with zero attached hydrogens (tertiary/aromatic N) is 1. The van der Waals surface area contributed by atoms with E-state index in [2.05, 4.69) is 0 Å². The van der Waals surface area contributed by atoms with Crippen molar-refractivity contribution in [3.8, 4) is 0 Å². The zero-order chi connectivity index (χ0) is 17.9. The minimum Gasteiger partial charge on any atom is -0.550 e. The molecule has 0 N–H and O–H groups in total. The van der Waals surface area contributed by atoms with Gasteiger partial charge in [-0.15, -0.1) is 0 Å².